The molecule has 1 N–H and O–H groups in total. The second kappa shape index (κ2) is 8.17. The zero-order chi connectivity index (χ0) is 18.6. The van der Waals surface area contributed by atoms with Gasteiger partial charge in [-0.1, -0.05) is 12.1 Å². The molecule has 1 aromatic rings. The molecule has 1 aliphatic heterocycles. The molecule has 0 spiro atoms. The van der Waals surface area contributed by atoms with Gasteiger partial charge < -0.3 is 14.6 Å². The standard InChI is InChI=1S/C18H25ClN2O4/c1-12(22)10-24-14-7-5-13(6-8-14)11-25-15-9-20-21(18(2,3)4)17(23)16(15)19/h5-9,12,15-16,22H,10-11H2,1-4H3/t12?,15?,16-/m1/s1. The van der Waals surface area contributed by atoms with Crippen molar-refractivity contribution in [1.29, 1.82) is 0 Å². The molecular weight excluding hydrogens is 344 g/mol. The molecule has 1 amide bonds. The molecule has 0 saturated carbocycles. The lowest BCUT2D eigenvalue weighted by Gasteiger charge is -2.36. The first-order valence-corrected chi connectivity index (χ1v) is 8.66. The lowest BCUT2D eigenvalue weighted by molar-refractivity contribution is -0.138. The topological polar surface area (TPSA) is 71.4 Å². The third kappa shape index (κ3) is 5.42. The first kappa shape index (κ1) is 19.7. The number of nitrogens with zero attached hydrogens (tertiary/aromatic N) is 2. The molecule has 0 aliphatic carbocycles. The van der Waals surface area contributed by atoms with Crippen LogP contribution in [0.2, 0.25) is 0 Å². The molecule has 0 fully saturated rings. The Morgan fingerprint density at radius 3 is 2.52 bits per heavy atom. The molecule has 25 heavy (non-hydrogen) atoms. The number of aliphatic hydroxyl groups excluding tert-OH is 1. The summed E-state index contributed by atoms with van der Waals surface area (Å²) in [4.78, 5) is 12.3. The average Bonchev–Trinajstić information content (AvgIpc) is 2.54. The Balaban J connectivity index is 1.92. The maximum Gasteiger partial charge on any atom is 0.264 e. The quantitative estimate of drug-likeness (QED) is 0.783. The van der Waals surface area contributed by atoms with Gasteiger partial charge in [0, 0.05) is 0 Å². The predicted molar refractivity (Wildman–Crippen MR) is 96.9 cm³/mol. The number of alkyl halides is 1. The highest BCUT2D eigenvalue weighted by molar-refractivity contribution is 6.32. The molecule has 1 aliphatic rings. The van der Waals surface area contributed by atoms with E-state index < -0.39 is 23.1 Å². The van der Waals surface area contributed by atoms with Crippen molar-refractivity contribution >= 4 is 23.7 Å². The molecule has 138 valence electrons. The third-order valence-corrected chi connectivity index (χ3v) is 3.99. The van der Waals surface area contributed by atoms with E-state index in [1.807, 2.05) is 32.9 Å². The highest BCUT2D eigenvalue weighted by Crippen LogP contribution is 2.23. The van der Waals surface area contributed by atoms with Gasteiger partial charge in [-0.25, -0.2) is 5.01 Å². The van der Waals surface area contributed by atoms with Crippen LogP contribution in [0.5, 0.6) is 5.75 Å². The van der Waals surface area contributed by atoms with Gasteiger partial charge >= 0.3 is 0 Å². The summed E-state index contributed by atoms with van der Waals surface area (Å²) in [6, 6.07) is 7.34. The fraction of sp³-hybridized carbons (Fsp3) is 0.556. The molecule has 3 atom stereocenters. The van der Waals surface area contributed by atoms with E-state index in [2.05, 4.69) is 5.10 Å². The predicted octanol–water partition coefficient (Wildman–Crippen LogP) is 2.57. The van der Waals surface area contributed by atoms with Crippen LogP contribution in [0, 0.1) is 0 Å². The highest BCUT2D eigenvalue weighted by Gasteiger charge is 2.38. The van der Waals surface area contributed by atoms with E-state index in [1.54, 1.807) is 25.3 Å². The van der Waals surface area contributed by atoms with Crippen molar-refractivity contribution in [1.82, 2.24) is 5.01 Å². The van der Waals surface area contributed by atoms with Crippen LogP contribution in [-0.4, -0.2) is 52.0 Å². The van der Waals surface area contributed by atoms with Crippen molar-refractivity contribution in [3.8, 4) is 5.75 Å². The van der Waals surface area contributed by atoms with Crippen LogP contribution in [0.4, 0.5) is 0 Å². The van der Waals surface area contributed by atoms with Crippen LogP contribution in [0.1, 0.15) is 33.3 Å². The minimum Gasteiger partial charge on any atom is -0.491 e. The van der Waals surface area contributed by atoms with Crippen molar-refractivity contribution in [3.63, 3.8) is 0 Å². The SMILES string of the molecule is CC(O)COc1ccc(COC2C=NN(C(C)(C)C)C(=O)[C@@H]2Cl)cc1. The normalized spacial score (nSPS) is 22.2. The summed E-state index contributed by atoms with van der Waals surface area (Å²) >= 11 is 6.25. The number of carbonyl (C=O) groups is 1. The van der Waals surface area contributed by atoms with E-state index in [4.69, 9.17) is 21.1 Å². The first-order valence-electron chi connectivity index (χ1n) is 8.22. The molecule has 1 heterocycles. The number of hydrogen-bond donors (Lipinski definition) is 1. The minimum atomic E-state index is -0.801. The van der Waals surface area contributed by atoms with E-state index in [-0.39, 0.29) is 12.5 Å². The summed E-state index contributed by atoms with van der Waals surface area (Å²) in [6.07, 6.45) is 0.489. The molecule has 7 heteroatoms. The second-order valence-electron chi connectivity index (χ2n) is 7.07. The maximum atomic E-state index is 12.3. The van der Waals surface area contributed by atoms with E-state index in [0.717, 1.165) is 5.56 Å². The fourth-order valence-corrected chi connectivity index (χ4v) is 2.47. The zero-order valence-electron chi connectivity index (χ0n) is 15.0. The monoisotopic (exact) mass is 368 g/mol. The van der Waals surface area contributed by atoms with Gasteiger partial charge in [-0.05, 0) is 45.4 Å². The molecule has 1 aromatic carbocycles. The van der Waals surface area contributed by atoms with Gasteiger partial charge in [0.15, 0.2) is 0 Å². The number of rotatable bonds is 6. The van der Waals surface area contributed by atoms with Crippen molar-refractivity contribution in [2.24, 2.45) is 5.10 Å². The molecule has 2 rings (SSSR count). The van der Waals surface area contributed by atoms with Gasteiger partial charge in [0.05, 0.1) is 24.5 Å². The maximum absolute atomic E-state index is 12.3. The highest BCUT2D eigenvalue weighted by atomic mass is 35.5. The van der Waals surface area contributed by atoms with Crippen LogP contribution in [-0.2, 0) is 16.1 Å². The molecule has 0 aromatic heterocycles. The van der Waals surface area contributed by atoms with Crippen LogP contribution < -0.4 is 4.74 Å². The van der Waals surface area contributed by atoms with Gasteiger partial charge in [-0.3, -0.25) is 4.79 Å². The summed E-state index contributed by atoms with van der Waals surface area (Å²) in [5.74, 6) is 0.415. The number of hydrazone groups is 1. The molecule has 2 unspecified atom stereocenters. The Morgan fingerprint density at radius 1 is 1.32 bits per heavy atom. The summed E-state index contributed by atoms with van der Waals surface area (Å²) in [7, 11) is 0. The van der Waals surface area contributed by atoms with Crippen LogP contribution >= 0.6 is 11.6 Å². The van der Waals surface area contributed by atoms with Crippen molar-refractivity contribution < 1.29 is 19.4 Å². The van der Waals surface area contributed by atoms with Crippen LogP contribution in [0.3, 0.4) is 0 Å². The van der Waals surface area contributed by atoms with E-state index in [0.29, 0.717) is 12.4 Å². The third-order valence-electron chi connectivity index (χ3n) is 3.55. The summed E-state index contributed by atoms with van der Waals surface area (Å²) < 4.78 is 11.1. The number of carbonyl (C=O) groups excluding carboxylic acids is 1. The Kier molecular flexibility index (Phi) is 6.43. The summed E-state index contributed by atoms with van der Waals surface area (Å²) in [5, 5.41) is 14.0. The van der Waals surface area contributed by atoms with Crippen LogP contribution in [0.15, 0.2) is 29.4 Å². The Labute approximate surface area is 153 Å². The Morgan fingerprint density at radius 2 is 1.96 bits per heavy atom. The average molecular weight is 369 g/mol. The zero-order valence-corrected chi connectivity index (χ0v) is 15.7. The number of hydrogen-bond acceptors (Lipinski definition) is 5. The van der Waals surface area contributed by atoms with Crippen molar-refractivity contribution in [2.45, 2.75) is 57.4 Å². The number of aliphatic hydroxyl groups is 1. The van der Waals surface area contributed by atoms with E-state index in [9.17, 15) is 9.90 Å². The fourth-order valence-electron chi connectivity index (χ4n) is 2.24. The van der Waals surface area contributed by atoms with Gasteiger partial charge in [-0.15, -0.1) is 11.6 Å². The van der Waals surface area contributed by atoms with Gasteiger partial charge in [0.1, 0.15) is 23.8 Å². The number of ether oxygens (including phenoxy) is 2. The van der Waals surface area contributed by atoms with Gasteiger partial charge in [-0.2, -0.15) is 5.10 Å². The molecule has 0 radical (unpaired) electrons. The largest absolute Gasteiger partial charge is 0.491 e. The Hall–Kier alpha value is -1.63. The summed E-state index contributed by atoms with van der Waals surface area (Å²) in [5.41, 5.74) is 0.500. The van der Waals surface area contributed by atoms with E-state index in [1.165, 1.54) is 5.01 Å². The van der Waals surface area contributed by atoms with Crippen LogP contribution in [0.25, 0.3) is 0 Å². The number of benzene rings is 1. The summed E-state index contributed by atoms with van der Waals surface area (Å²) in [6.45, 7) is 7.91. The van der Waals surface area contributed by atoms with Crippen molar-refractivity contribution in [3.05, 3.63) is 29.8 Å². The number of halogens is 1. The lowest BCUT2D eigenvalue weighted by Crippen LogP contribution is -2.52. The molecule has 0 saturated heterocycles. The van der Waals surface area contributed by atoms with Gasteiger partial charge in [0.25, 0.3) is 5.91 Å². The first-order chi connectivity index (χ1) is 11.7. The lowest BCUT2D eigenvalue weighted by atomic mass is 10.1. The molecular formula is C18H25ClN2O4. The van der Waals surface area contributed by atoms with Crippen molar-refractivity contribution in [2.75, 3.05) is 6.61 Å². The molecule has 6 nitrogen and oxygen atoms in total. The van der Waals surface area contributed by atoms with Gasteiger partial charge in [0.2, 0.25) is 0 Å². The minimum absolute atomic E-state index is 0.245. The second-order valence-corrected chi connectivity index (χ2v) is 7.54. The Bertz CT molecular complexity index is 610. The molecule has 0 bridgehead atoms. The van der Waals surface area contributed by atoms with E-state index >= 15 is 0 Å². The number of amides is 1. The smallest absolute Gasteiger partial charge is 0.264 e.